The predicted octanol–water partition coefficient (Wildman–Crippen LogP) is 1.39. The molecule has 0 saturated heterocycles. The lowest BCUT2D eigenvalue weighted by molar-refractivity contribution is 0.0957. The number of amides is 1. The molecule has 0 spiro atoms. The molecule has 0 aromatic carbocycles. The van der Waals surface area contributed by atoms with Crippen molar-refractivity contribution in [2.45, 2.75) is 17.0 Å². The molecule has 9 heteroatoms. The van der Waals surface area contributed by atoms with E-state index in [1.807, 2.05) is 13.0 Å². The van der Waals surface area contributed by atoms with Gasteiger partial charge in [-0.3, -0.25) is 10.2 Å². The van der Waals surface area contributed by atoms with Gasteiger partial charge in [0.15, 0.2) is 4.34 Å². The minimum absolute atomic E-state index is 0.264. The van der Waals surface area contributed by atoms with Crippen molar-refractivity contribution in [3.8, 4) is 0 Å². The first-order valence-corrected chi connectivity index (χ1v) is 7.54. The lowest BCUT2D eigenvalue weighted by atomic mass is 10.3. The van der Waals surface area contributed by atoms with Crippen molar-refractivity contribution in [3.63, 3.8) is 0 Å². The number of thiophene rings is 1. The Hall–Kier alpha value is -1.16. The average molecular weight is 301 g/mol. The standard InChI is InChI=1S/C9H11N5OS3/c1-4-5(2-6(17-4)7(15)12-11)3-16-9-14-13-8(10)18-9/h2H,3,11H2,1H3,(H2,10,13)(H,12,15). The normalized spacial score (nSPS) is 10.6. The van der Waals surface area contributed by atoms with Crippen molar-refractivity contribution in [2.75, 3.05) is 5.73 Å². The molecule has 18 heavy (non-hydrogen) atoms. The molecule has 0 radical (unpaired) electrons. The van der Waals surface area contributed by atoms with Crippen molar-refractivity contribution < 1.29 is 4.79 Å². The number of nitrogens with zero attached hydrogens (tertiary/aromatic N) is 2. The zero-order valence-electron chi connectivity index (χ0n) is 9.47. The van der Waals surface area contributed by atoms with Crippen LogP contribution in [0, 0.1) is 6.92 Å². The number of rotatable bonds is 4. The van der Waals surface area contributed by atoms with Crippen LogP contribution in [-0.2, 0) is 5.75 Å². The number of hydrazine groups is 1. The number of anilines is 1. The third kappa shape index (κ3) is 2.99. The van der Waals surface area contributed by atoms with E-state index in [-0.39, 0.29) is 5.91 Å². The highest BCUT2D eigenvalue weighted by Gasteiger charge is 2.12. The summed E-state index contributed by atoms with van der Waals surface area (Å²) >= 11 is 4.33. The van der Waals surface area contributed by atoms with Crippen molar-refractivity contribution in [2.24, 2.45) is 5.84 Å². The van der Waals surface area contributed by atoms with Crippen LogP contribution in [0.4, 0.5) is 5.13 Å². The molecule has 96 valence electrons. The number of nitrogen functional groups attached to an aromatic ring is 2. The third-order valence-electron chi connectivity index (χ3n) is 2.15. The van der Waals surface area contributed by atoms with Crippen molar-refractivity contribution >= 4 is 45.5 Å². The molecule has 0 fully saturated rings. The Labute approximate surface area is 116 Å². The Kier molecular flexibility index (Phi) is 4.17. The zero-order valence-corrected chi connectivity index (χ0v) is 11.9. The number of hydrogen-bond acceptors (Lipinski definition) is 8. The van der Waals surface area contributed by atoms with Crippen LogP contribution < -0.4 is 17.0 Å². The number of thioether (sulfide) groups is 1. The summed E-state index contributed by atoms with van der Waals surface area (Å²) in [6, 6.07) is 1.85. The van der Waals surface area contributed by atoms with Gasteiger partial charge in [-0.25, -0.2) is 5.84 Å². The third-order valence-corrected chi connectivity index (χ3v) is 5.17. The molecule has 1 amide bonds. The Morgan fingerprint density at radius 1 is 1.50 bits per heavy atom. The molecule has 2 heterocycles. The summed E-state index contributed by atoms with van der Waals surface area (Å²) in [6.07, 6.45) is 0. The molecule has 0 saturated carbocycles. The van der Waals surface area contributed by atoms with Crippen molar-refractivity contribution in [3.05, 3.63) is 21.4 Å². The molecule has 2 rings (SSSR count). The summed E-state index contributed by atoms with van der Waals surface area (Å²) in [5, 5.41) is 8.14. The molecule has 0 atom stereocenters. The number of carbonyl (C=O) groups excluding carboxylic acids is 1. The number of aromatic nitrogens is 2. The van der Waals surface area contributed by atoms with Crippen LogP contribution in [0.25, 0.3) is 0 Å². The smallest absolute Gasteiger partial charge is 0.275 e. The minimum Gasteiger partial charge on any atom is -0.374 e. The number of nitrogens with one attached hydrogen (secondary N) is 1. The van der Waals surface area contributed by atoms with Crippen LogP contribution in [-0.4, -0.2) is 16.1 Å². The second-order valence-corrected chi connectivity index (χ2v) is 6.85. The van der Waals surface area contributed by atoms with Gasteiger partial charge in [-0.2, -0.15) is 0 Å². The van der Waals surface area contributed by atoms with Crippen LogP contribution in [0.5, 0.6) is 0 Å². The number of hydrogen-bond donors (Lipinski definition) is 3. The molecule has 6 nitrogen and oxygen atoms in total. The Morgan fingerprint density at radius 2 is 2.28 bits per heavy atom. The highest BCUT2D eigenvalue weighted by molar-refractivity contribution is 8.00. The maximum atomic E-state index is 11.4. The van der Waals surface area contributed by atoms with Crippen LogP contribution >= 0.6 is 34.4 Å². The first kappa shape index (κ1) is 13.3. The summed E-state index contributed by atoms with van der Waals surface area (Å²) in [6.45, 7) is 1.97. The fourth-order valence-electron chi connectivity index (χ4n) is 1.26. The molecule has 0 aliphatic rings. The van der Waals surface area contributed by atoms with Gasteiger partial charge in [0.2, 0.25) is 5.13 Å². The number of aryl methyl sites for hydroxylation is 1. The van der Waals surface area contributed by atoms with Crippen molar-refractivity contribution in [1.82, 2.24) is 15.6 Å². The summed E-state index contributed by atoms with van der Waals surface area (Å²) in [5.74, 6) is 5.57. The molecule has 5 N–H and O–H groups in total. The number of nitrogens with two attached hydrogens (primary N) is 2. The molecule has 2 aromatic heterocycles. The van der Waals surface area contributed by atoms with Gasteiger partial charge in [0.1, 0.15) is 0 Å². The molecule has 2 aromatic rings. The van der Waals surface area contributed by atoms with E-state index in [2.05, 4.69) is 15.6 Å². The Bertz CT molecular complexity index is 564. The minimum atomic E-state index is -0.264. The van der Waals surface area contributed by atoms with Crippen molar-refractivity contribution in [1.29, 1.82) is 0 Å². The fourth-order valence-corrected chi connectivity index (χ4v) is 3.99. The van der Waals surface area contributed by atoms with E-state index < -0.39 is 0 Å². The number of carbonyl (C=O) groups is 1. The topological polar surface area (TPSA) is 107 Å². The van der Waals surface area contributed by atoms with Gasteiger partial charge in [-0.05, 0) is 18.6 Å². The summed E-state index contributed by atoms with van der Waals surface area (Å²) < 4.78 is 0.822. The first-order valence-electron chi connectivity index (χ1n) is 4.92. The van der Waals surface area contributed by atoms with E-state index >= 15 is 0 Å². The van der Waals surface area contributed by atoms with Crippen LogP contribution in [0.15, 0.2) is 10.4 Å². The quantitative estimate of drug-likeness (QED) is 0.341. The van der Waals surface area contributed by atoms with Gasteiger partial charge in [0.05, 0.1) is 4.88 Å². The summed E-state index contributed by atoms with van der Waals surface area (Å²) in [7, 11) is 0. The largest absolute Gasteiger partial charge is 0.374 e. The molecule has 0 unspecified atom stereocenters. The van der Waals surface area contributed by atoms with E-state index in [0.717, 1.165) is 20.5 Å². The van der Waals surface area contributed by atoms with E-state index in [9.17, 15) is 4.79 Å². The second kappa shape index (κ2) is 5.65. The molecular weight excluding hydrogens is 290 g/mol. The van der Waals surface area contributed by atoms with Gasteiger partial charge < -0.3 is 5.73 Å². The molecular formula is C9H11N5OS3. The predicted molar refractivity (Wildman–Crippen MR) is 74.6 cm³/mol. The van der Waals surface area contributed by atoms with Crippen LogP contribution in [0.3, 0.4) is 0 Å². The van der Waals surface area contributed by atoms with Gasteiger partial charge in [-0.15, -0.1) is 21.5 Å². The lowest BCUT2D eigenvalue weighted by Gasteiger charge is -1.95. The monoisotopic (exact) mass is 301 g/mol. The summed E-state index contributed by atoms with van der Waals surface area (Å²) in [5.41, 5.74) is 8.73. The molecule has 0 aliphatic carbocycles. The van der Waals surface area contributed by atoms with Crippen LogP contribution in [0.2, 0.25) is 0 Å². The second-order valence-electron chi connectivity index (χ2n) is 3.36. The van der Waals surface area contributed by atoms with E-state index in [1.165, 1.54) is 22.7 Å². The fraction of sp³-hybridized carbons (Fsp3) is 0.222. The lowest BCUT2D eigenvalue weighted by Crippen LogP contribution is -2.29. The Morgan fingerprint density at radius 3 is 2.89 bits per heavy atom. The van der Waals surface area contributed by atoms with E-state index in [1.54, 1.807) is 11.8 Å². The zero-order chi connectivity index (χ0) is 13.1. The average Bonchev–Trinajstić information content (AvgIpc) is 2.92. The SMILES string of the molecule is Cc1sc(C(=O)NN)cc1CSc1nnc(N)s1. The maximum absolute atomic E-state index is 11.4. The highest BCUT2D eigenvalue weighted by Crippen LogP contribution is 2.30. The van der Waals surface area contributed by atoms with E-state index in [4.69, 9.17) is 11.6 Å². The Balaban J connectivity index is 2.05. The van der Waals surface area contributed by atoms with Crippen LogP contribution in [0.1, 0.15) is 20.1 Å². The van der Waals surface area contributed by atoms with Gasteiger partial charge in [0, 0.05) is 10.6 Å². The van der Waals surface area contributed by atoms with E-state index in [0.29, 0.717) is 10.0 Å². The van der Waals surface area contributed by atoms with Gasteiger partial charge in [0.25, 0.3) is 5.91 Å². The molecule has 0 bridgehead atoms. The first-order chi connectivity index (χ1) is 8.60. The summed E-state index contributed by atoms with van der Waals surface area (Å²) in [4.78, 5) is 13.1. The molecule has 0 aliphatic heterocycles. The van der Waals surface area contributed by atoms with Gasteiger partial charge in [-0.1, -0.05) is 23.1 Å². The maximum Gasteiger partial charge on any atom is 0.275 e. The van der Waals surface area contributed by atoms with Gasteiger partial charge >= 0.3 is 0 Å². The highest BCUT2D eigenvalue weighted by atomic mass is 32.2.